The van der Waals surface area contributed by atoms with Crippen LogP contribution in [0.1, 0.15) is 0 Å². The van der Waals surface area contributed by atoms with Crippen LogP contribution in [0.3, 0.4) is 0 Å². The highest BCUT2D eigenvalue weighted by molar-refractivity contribution is 7.99. The topological polar surface area (TPSA) is 77.2 Å². The van der Waals surface area contributed by atoms with Gasteiger partial charge in [-0.3, -0.25) is 4.98 Å². The van der Waals surface area contributed by atoms with Gasteiger partial charge in [-0.05, 0) is 42.7 Å². The first-order chi connectivity index (χ1) is 13.0. The molecule has 4 rings (SSSR count). The molecule has 0 atom stereocenters. The van der Waals surface area contributed by atoms with Crippen molar-refractivity contribution in [1.29, 1.82) is 0 Å². The quantitative estimate of drug-likeness (QED) is 0.468. The number of hydrogen-bond acceptors (Lipinski definition) is 6. The average molecular weight is 417 g/mol. The molecule has 0 radical (unpaired) electrons. The zero-order valence-corrected chi connectivity index (χ0v) is 16.5. The number of nitrogens with zero attached hydrogens (tertiary/aromatic N) is 4. The summed E-state index contributed by atoms with van der Waals surface area (Å²) in [5, 5.41) is 5.24. The minimum absolute atomic E-state index is 0.0770. The fourth-order valence-corrected chi connectivity index (χ4v) is 5.47. The molecule has 9 heteroatoms. The minimum atomic E-state index is -3.85. The predicted octanol–water partition coefficient (Wildman–Crippen LogP) is 4.00. The second-order valence-corrected chi connectivity index (χ2v) is 8.72. The van der Waals surface area contributed by atoms with Crippen molar-refractivity contribution in [2.75, 3.05) is 6.26 Å². The lowest BCUT2D eigenvalue weighted by Crippen LogP contribution is -2.04. The van der Waals surface area contributed by atoms with Crippen LogP contribution in [0.5, 0.6) is 0 Å². The number of rotatable bonds is 4. The lowest BCUT2D eigenvalue weighted by molar-refractivity contribution is 0.594. The summed E-state index contributed by atoms with van der Waals surface area (Å²) in [6, 6.07) is 11.6. The maximum atomic E-state index is 13.3. The molecule has 0 saturated heterocycles. The highest BCUT2D eigenvalue weighted by Gasteiger charge is 2.29. The molecule has 0 saturated carbocycles. The van der Waals surface area contributed by atoms with Gasteiger partial charge in [0, 0.05) is 29.2 Å². The summed E-state index contributed by atoms with van der Waals surface area (Å²) in [6.07, 6.45) is 6.70. The van der Waals surface area contributed by atoms with Crippen LogP contribution in [0.4, 0.5) is 0 Å². The number of hydrogen-bond donors (Lipinski definition) is 0. The summed E-state index contributed by atoms with van der Waals surface area (Å²) in [4.78, 5) is 8.51. The fraction of sp³-hybridized carbons (Fsp3) is 0.0556. The second kappa shape index (κ2) is 6.95. The number of pyridine rings is 1. The summed E-state index contributed by atoms with van der Waals surface area (Å²) >= 11 is 7.25. The molecule has 0 bridgehead atoms. The fourth-order valence-electron chi connectivity index (χ4n) is 2.77. The van der Waals surface area contributed by atoms with E-state index >= 15 is 0 Å². The van der Waals surface area contributed by atoms with Crippen LogP contribution in [0.25, 0.3) is 16.9 Å². The maximum absolute atomic E-state index is 13.3. The van der Waals surface area contributed by atoms with E-state index in [0.717, 1.165) is 11.3 Å². The Kier molecular flexibility index (Phi) is 4.63. The second-order valence-electron chi connectivity index (χ2n) is 5.60. The highest BCUT2D eigenvalue weighted by Crippen LogP contribution is 2.34. The number of fused-ring (bicyclic) bond motifs is 1. The van der Waals surface area contributed by atoms with Crippen molar-refractivity contribution in [3.63, 3.8) is 0 Å². The smallest absolute Gasteiger partial charge is 0.213 e. The van der Waals surface area contributed by atoms with E-state index in [0.29, 0.717) is 10.0 Å². The van der Waals surface area contributed by atoms with Gasteiger partial charge in [0.1, 0.15) is 5.03 Å². The third-order valence-electron chi connectivity index (χ3n) is 3.99. The largest absolute Gasteiger partial charge is 0.265 e. The normalized spacial score (nSPS) is 11.8. The van der Waals surface area contributed by atoms with Crippen LogP contribution < -0.4 is 0 Å². The van der Waals surface area contributed by atoms with E-state index in [4.69, 9.17) is 11.6 Å². The standard InChI is InChI=1S/C18H13ClN4O2S2/c1-26-18-16(27(24,25)14-4-2-3-13(19)11-14)17-21-10-7-15(23(17)22-18)12-5-8-20-9-6-12/h2-11H,1H3. The van der Waals surface area contributed by atoms with Crippen molar-refractivity contribution in [3.05, 3.63) is 66.1 Å². The van der Waals surface area contributed by atoms with Gasteiger partial charge in [-0.2, -0.15) is 5.10 Å². The highest BCUT2D eigenvalue weighted by atomic mass is 35.5. The third-order valence-corrected chi connectivity index (χ3v) is 6.82. The third kappa shape index (κ3) is 3.09. The maximum Gasteiger partial charge on any atom is 0.213 e. The van der Waals surface area contributed by atoms with Gasteiger partial charge in [0.05, 0.1) is 10.6 Å². The molecular formula is C18H13ClN4O2S2. The van der Waals surface area contributed by atoms with Crippen LogP contribution in [-0.2, 0) is 9.84 Å². The Bertz CT molecular complexity index is 1240. The van der Waals surface area contributed by atoms with E-state index in [1.54, 1.807) is 47.6 Å². The molecule has 0 fully saturated rings. The zero-order chi connectivity index (χ0) is 19.0. The van der Waals surface area contributed by atoms with Crippen molar-refractivity contribution in [2.24, 2.45) is 0 Å². The molecule has 0 aliphatic carbocycles. The van der Waals surface area contributed by atoms with E-state index in [2.05, 4.69) is 15.1 Å². The van der Waals surface area contributed by atoms with E-state index in [-0.39, 0.29) is 15.4 Å². The lowest BCUT2D eigenvalue weighted by atomic mass is 10.2. The summed E-state index contributed by atoms with van der Waals surface area (Å²) in [5.41, 5.74) is 1.86. The first kappa shape index (κ1) is 18.0. The molecule has 136 valence electrons. The van der Waals surface area contributed by atoms with Crippen LogP contribution in [0.2, 0.25) is 5.02 Å². The summed E-state index contributed by atoms with van der Waals surface area (Å²) < 4.78 is 28.2. The van der Waals surface area contributed by atoms with Crippen LogP contribution in [0, 0.1) is 0 Å². The predicted molar refractivity (Wildman–Crippen MR) is 105 cm³/mol. The van der Waals surface area contributed by atoms with Crippen LogP contribution >= 0.6 is 23.4 Å². The van der Waals surface area contributed by atoms with Gasteiger partial charge in [0.25, 0.3) is 0 Å². The Hall–Kier alpha value is -2.42. The first-order valence-electron chi connectivity index (χ1n) is 7.85. The van der Waals surface area contributed by atoms with Crippen molar-refractivity contribution in [3.8, 4) is 11.3 Å². The van der Waals surface area contributed by atoms with Crippen LogP contribution in [0.15, 0.2) is 75.9 Å². The van der Waals surface area contributed by atoms with Gasteiger partial charge in [0.2, 0.25) is 9.84 Å². The van der Waals surface area contributed by atoms with Gasteiger partial charge in [0.15, 0.2) is 10.5 Å². The summed E-state index contributed by atoms with van der Waals surface area (Å²) in [5.74, 6) is 0. The Morgan fingerprint density at radius 2 is 1.85 bits per heavy atom. The number of sulfone groups is 1. The lowest BCUT2D eigenvalue weighted by Gasteiger charge is -2.06. The van der Waals surface area contributed by atoms with Gasteiger partial charge >= 0.3 is 0 Å². The molecular weight excluding hydrogens is 404 g/mol. The number of thioether (sulfide) groups is 1. The monoisotopic (exact) mass is 416 g/mol. The minimum Gasteiger partial charge on any atom is -0.265 e. The zero-order valence-electron chi connectivity index (χ0n) is 14.1. The summed E-state index contributed by atoms with van der Waals surface area (Å²) in [7, 11) is -3.85. The van der Waals surface area contributed by atoms with Gasteiger partial charge in [-0.25, -0.2) is 17.9 Å². The van der Waals surface area contributed by atoms with Gasteiger partial charge < -0.3 is 0 Å². The molecule has 27 heavy (non-hydrogen) atoms. The number of halogens is 1. The summed E-state index contributed by atoms with van der Waals surface area (Å²) in [6.45, 7) is 0. The molecule has 0 N–H and O–H groups in total. The molecule has 0 aliphatic heterocycles. The molecule has 1 aromatic carbocycles. The van der Waals surface area contributed by atoms with Crippen molar-refractivity contribution in [1.82, 2.24) is 19.6 Å². The molecule has 0 unspecified atom stereocenters. The molecule has 0 aliphatic rings. The van der Waals surface area contributed by atoms with Gasteiger partial charge in [-0.15, -0.1) is 11.8 Å². The van der Waals surface area contributed by atoms with E-state index < -0.39 is 9.84 Å². The Balaban J connectivity index is 2.02. The van der Waals surface area contributed by atoms with E-state index in [9.17, 15) is 8.42 Å². The number of aromatic nitrogens is 4. The van der Waals surface area contributed by atoms with Crippen LogP contribution in [-0.4, -0.2) is 34.3 Å². The van der Waals surface area contributed by atoms with Crippen molar-refractivity contribution >= 4 is 38.8 Å². The Morgan fingerprint density at radius 3 is 2.56 bits per heavy atom. The number of benzene rings is 1. The molecule has 6 nitrogen and oxygen atoms in total. The van der Waals surface area contributed by atoms with E-state index in [1.807, 2.05) is 12.1 Å². The SMILES string of the molecule is CSc1nn2c(-c3ccncc3)ccnc2c1S(=O)(=O)c1cccc(Cl)c1. The molecule has 0 amide bonds. The van der Waals surface area contributed by atoms with Crippen molar-refractivity contribution in [2.45, 2.75) is 14.8 Å². The van der Waals surface area contributed by atoms with Crippen molar-refractivity contribution < 1.29 is 8.42 Å². The van der Waals surface area contributed by atoms with E-state index in [1.165, 1.54) is 23.9 Å². The Labute approximate surface area is 165 Å². The molecule has 3 heterocycles. The average Bonchev–Trinajstić information content (AvgIpc) is 3.08. The molecule has 4 aromatic rings. The molecule has 0 spiro atoms. The molecule has 3 aromatic heterocycles. The van der Waals surface area contributed by atoms with Gasteiger partial charge in [-0.1, -0.05) is 17.7 Å². The first-order valence-corrected chi connectivity index (χ1v) is 10.9. The Morgan fingerprint density at radius 1 is 1.07 bits per heavy atom.